The number of alkyl halides is 3. The number of rotatable bonds is 7. The van der Waals surface area contributed by atoms with Gasteiger partial charge < -0.3 is 24.6 Å². The number of pyridine rings is 1. The van der Waals surface area contributed by atoms with Crippen molar-refractivity contribution >= 4 is 38.8 Å². The number of aromatic nitrogens is 3. The monoisotopic (exact) mass is 759 g/mol. The number of hydrogen-bond donors (Lipinski definition) is 2. The number of sulfonamides is 1. The van der Waals surface area contributed by atoms with Crippen LogP contribution in [0.5, 0.6) is 11.5 Å². The van der Waals surface area contributed by atoms with E-state index in [4.69, 9.17) is 9.47 Å². The summed E-state index contributed by atoms with van der Waals surface area (Å²) in [5, 5.41) is 6.34. The average molecular weight is 760 g/mol. The van der Waals surface area contributed by atoms with Gasteiger partial charge in [-0.1, -0.05) is 12.2 Å². The molecule has 2 aromatic heterocycles. The Kier molecular flexibility index (Phi) is 9.31. The number of likely N-dealkylation sites (N-methyl/N-ethyl adjacent to an activating group) is 1. The van der Waals surface area contributed by atoms with Gasteiger partial charge in [0.25, 0.3) is 5.91 Å². The smallest absolute Gasteiger partial charge is 0.435 e. The number of benzene rings is 1. The topological polar surface area (TPSA) is 165 Å². The lowest BCUT2D eigenvalue weighted by atomic mass is 10.1. The number of nitrogens with zero attached hydrogens (tertiary/aromatic N) is 5. The first-order valence-electron chi connectivity index (χ1n) is 17.5. The molecule has 0 spiro atoms. The zero-order valence-electron chi connectivity index (χ0n) is 29.4. The number of allylic oxidation sites excluding steroid dienone is 1. The molecule has 1 aromatic carbocycles. The van der Waals surface area contributed by atoms with E-state index in [1.54, 1.807) is 31.0 Å². The minimum absolute atomic E-state index is 0.0340. The summed E-state index contributed by atoms with van der Waals surface area (Å²) in [6.07, 6.45) is 2.72. The predicted octanol–water partition coefficient (Wildman–Crippen LogP) is 3.85. The molecule has 3 aromatic rings. The Morgan fingerprint density at radius 3 is 2.60 bits per heavy atom. The number of halogens is 3. The second-order valence-corrected chi connectivity index (χ2v) is 16.1. The summed E-state index contributed by atoms with van der Waals surface area (Å²) in [5.41, 5.74) is -1.65. The Hall–Kier alpha value is -4.87. The molecule has 4 atom stereocenters. The molecule has 2 N–H and O–H groups in total. The second kappa shape index (κ2) is 13.5. The summed E-state index contributed by atoms with van der Waals surface area (Å²) in [6, 6.07) is 3.97. The number of carbonyl (C=O) groups is 3. The highest BCUT2D eigenvalue weighted by Crippen LogP contribution is 2.46. The molecule has 14 nitrogen and oxygen atoms in total. The van der Waals surface area contributed by atoms with E-state index >= 15 is 0 Å². The van der Waals surface area contributed by atoms with Crippen LogP contribution in [0.4, 0.5) is 18.0 Å². The molecule has 2 aliphatic heterocycles. The minimum atomic E-state index is -4.68. The van der Waals surface area contributed by atoms with Crippen molar-refractivity contribution in [1.29, 1.82) is 0 Å². The highest BCUT2D eigenvalue weighted by atomic mass is 32.2. The van der Waals surface area contributed by atoms with Gasteiger partial charge in [0, 0.05) is 49.1 Å². The van der Waals surface area contributed by atoms with E-state index in [9.17, 15) is 36.0 Å². The fraction of sp³-hybridized carbons (Fsp3) is 0.514. The van der Waals surface area contributed by atoms with Gasteiger partial charge in [-0.3, -0.25) is 14.3 Å². The summed E-state index contributed by atoms with van der Waals surface area (Å²) in [5.74, 6) is -0.851. The summed E-state index contributed by atoms with van der Waals surface area (Å²) >= 11 is 0. The summed E-state index contributed by atoms with van der Waals surface area (Å²) in [7, 11) is -0.767. The summed E-state index contributed by atoms with van der Waals surface area (Å²) in [6.45, 7) is 2.10. The lowest BCUT2D eigenvalue weighted by Gasteiger charge is -2.30. The first-order chi connectivity index (χ1) is 25.1. The van der Waals surface area contributed by atoms with E-state index in [0.717, 1.165) is 23.4 Å². The molecular weight excluding hydrogens is 719 g/mol. The number of fused-ring (bicyclic) bond motifs is 3. The predicted molar refractivity (Wildman–Crippen MR) is 185 cm³/mol. The van der Waals surface area contributed by atoms with Gasteiger partial charge >= 0.3 is 12.2 Å². The summed E-state index contributed by atoms with van der Waals surface area (Å²) < 4.78 is 81.0. The molecule has 3 fully saturated rings. The Balaban J connectivity index is 1.21. The molecule has 0 unspecified atom stereocenters. The highest BCUT2D eigenvalue weighted by molar-refractivity contribution is 7.91. The van der Waals surface area contributed by atoms with Crippen LogP contribution in [0.3, 0.4) is 0 Å². The van der Waals surface area contributed by atoms with Crippen molar-refractivity contribution in [3.05, 3.63) is 53.9 Å². The van der Waals surface area contributed by atoms with Crippen LogP contribution >= 0.6 is 0 Å². The van der Waals surface area contributed by atoms with Crippen molar-refractivity contribution in [2.24, 2.45) is 5.92 Å². The Labute approximate surface area is 303 Å². The molecule has 4 amide bonds. The van der Waals surface area contributed by atoms with Gasteiger partial charge in [0.2, 0.25) is 15.9 Å². The van der Waals surface area contributed by atoms with E-state index < -0.39 is 62.7 Å². The molecule has 1 saturated heterocycles. The lowest BCUT2D eigenvalue weighted by Crippen LogP contribution is -2.57. The van der Waals surface area contributed by atoms with Crippen LogP contribution < -0.4 is 19.5 Å². The van der Waals surface area contributed by atoms with Crippen molar-refractivity contribution in [2.75, 3.05) is 27.2 Å². The molecule has 0 bridgehead atoms. The van der Waals surface area contributed by atoms with E-state index in [-0.39, 0.29) is 36.9 Å². The van der Waals surface area contributed by atoms with Gasteiger partial charge in [0.1, 0.15) is 29.2 Å². The van der Waals surface area contributed by atoms with Gasteiger partial charge in [0.05, 0.1) is 24.4 Å². The number of nitrogens with one attached hydrogen (secondary N) is 2. The van der Waals surface area contributed by atoms with Crippen LogP contribution in [0.2, 0.25) is 0 Å². The van der Waals surface area contributed by atoms with Crippen molar-refractivity contribution in [3.8, 4) is 17.3 Å². The Morgan fingerprint density at radius 1 is 1.13 bits per heavy atom. The number of hydrogen-bond acceptors (Lipinski definition) is 9. The quantitative estimate of drug-likeness (QED) is 0.341. The molecule has 0 radical (unpaired) electrons. The van der Waals surface area contributed by atoms with Crippen molar-refractivity contribution in [2.45, 2.75) is 81.0 Å². The van der Waals surface area contributed by atoms with Gasteiger partial charge in [0.15, 0.2) is 11.5 Å². The van der Waals surface area contributed by atoms with Crippen LogP contribution in [0.25, 0.3) is 16.7 Å². The standard InChI is InChI=1S/C35H40F3N7O7S/c1-20-26(51-3)12-11-24-27(17-29(39-30(20)24)45-15-13-28(41-45)35(36,37)38)52-22-16-25-31(46)43(2)14-7-5-4-6-8-21-18-34(21,40-33(48)44(25)19-22)32(47)42-53(49,50)23-9-10-23/h6,8,11-13,15,17,21-23,25H,4-5,7,9-10,14,16,18-19H2,1-3H3,(H,40,48)(H,42,47)/b8-6-/t21-,22+,25+,34-/m1/s1. The van der Waals surface area contributed by atoms with E-state index in [1.165, 1.54) is 18.1 Å². The highest BCUT2D eigenvalue weighted by Gasteiger charge is 2.62. The second-order valence-electron chi connectivity index (χ2n) is 14.1. The van der Waals surface area contributed by atoms with Crippen molar-refractivity contribution < 1.29 is 45.4 Å². The number of amides is 4. The van der Waals surface area contributed by atoms with Crippen molar-refractivity contribution in [1.82, 2.24) is 34.6 Å². The maximum atomic E-state index is 14.1. The normalized spacial score (nSPS) is 26.0. The number of carbonyl (C=O) groups excluding carboxylic acids is 3. The van der Waals surface area contributed by atoms with Gasteiger partial charge in [-0.2, -0.15) is 18.3 Å². The van der Waals surface area contributed by atoms with Crippen LogP contribution in [0.1, 0.15) is 56.2 Å². The first-order valence-corrected chi connectivity index (χ1v) is 19.0. The fourth-order valence-electron chi connectivity index (χ4n) is 7.09. The Morgan fingerprint density at radius 2 is 1.91 bits per heavy atom. The third-order valence-electron chi connectivity index (χ3n) is 10.4. The fourth-order valence-corrected chi connectivity index (χ4v) is 8.45. The van der Waals surface area contributed by atoms with Crippen LogP contribution in [0, 0.1) is 12.8 Å². The average Bonchev–Trinajstić information content (AvgIpc) is 3.98. The number of ether oxygens (including phenoxy) is 2. The molecule has 18 heteroatoms. The van der Waals surface area contributed by atoms with Gasteiger partial charge in [-0.25, -0.2) is 22.9 Å². The number of aryl methyl sites for hydroxylation is 1. The largest absolute Gasteiger partial charge is 0.496 e. The van der Waals surface area contributed by atoms with Crippen LogP contribution in [-0.4, -0.2) is 101 Å². The SMILES string of the molecule is COc1ccc2c(O[C@H]3C[C@H]4C(=O)N(C)CCCC/C=C\[C@@H]5C[C@@]5(C(=O)NS(=O)(=O)C5CC5)NC(=O)N4C3)cc(-n3ccc(C(F)(F)F)n3)nc2c1C. The van der Waals surface area contributed by atoms with E-state index in [0.29, 0.717) is 54.4 Å². The zero-order valence-corrected chi connectivity index (χ0v) is 30.2. The maximum Gasteiger partial charge on any atom is 0.435 e. The van der Waals surface area contributed by atoms with E-state index in [1.807, 2.05) is 12.2 Å². The molecule has 4 heterocycles. The first kappa shape index (κ1) is 36.5. The molecule has 284 valence electrons. The lowest BCUT2D eigenvalue weighted by molar-refractivity contribution is -0.141. The molecule has 2 saturated carbocycles. The van der Waals surface area contributed by atoms with Crippen LogP contribution in [0.15, 0.2) is 42.6 Å². The van der Waals surface area contributed by atoms with E-state index in [2.05, 4.69) is 20.1 Å². The molecular formula is C35H40F3N7O7S. The number of methoxy groups -OCH3 is 1. The third kappa shape index (κ3) is 7.12. The summed E-state index contributed by atoms with van der Waals surface area (Å²) in [4.78, 5) is 49.1. The Bertz CT molecular complexity index is 2100. The van der Waals surface area contributed by atoms with Gasteiger partial charge in [-0.15, -0.1) is 0 Å². The van der Waals surface area contributed by atoms with Crippen molar-refractivity contribution in [3.63, 3.8) is 0 Å². The van der Waals surface area contributed by atoms with Gasteiger partial charge in [-0.05, 0) is 63.6 Å². The maximum absolute atomic E-state index is 14.1. The molecule has 4 aliphatic rings. The minimum Gasteiger partial charge on any atom is -0.496 e. The van der Waals surface area contributed by atoms with Crippen LogP contribution in [-0.2, 0) is 25.8 Å². The molecule has 2 aliphatic carbocycles. The zero-order chi connectivity index (χ0) is 37.9. The molecule has 53 heavy (non-hydrogen) atoms. The number of urea groups is 1. The third-order valence-corrected chi connectivity index (χ3v) is 12.2. The molecule has 7 rings (SSSR count).